The average Bonchev–Trinajstić information content (AvgIpc) is 2.83. The Morgan fingerprint density at radius 1 is 1.20 bits per heavy atom. The quantitative estimate of drug-likeness (QED) is 0.0934. The summed E-state index contributed by atoms with van der Waals surface area (Å²) in [6.07, 6.45) is 1.43. The molecule has 0 spiro atoms. The number of nitriles is 1. The first-order chi connectivity index (χ1) is 16.8. The topological polar surface area (TPSA) is 114 Å². The fraction of sp³-hybridized carbons (Fsp3) is 0.120. The lowest BCUT2D eigenvalue weighted by molar-refractivity contribution is -0.384. The number of hydrogen-bond acceptors (Lipinski definition) is 6. The highest BCUT2D eigenvalue weighted by molar-refractivity contribution is 14.1. The van der Waals surface area contributed by atoms with Crippen LogP contribution in [0.3, 0.4) is 0 Å². The van der Waals surface area contributed by atoms with Crippen LogP contribution in [0.25, 0.3) is 6.08 Å². The molecule has 3 aromatic carbocycles. The van der Waals surface area contributed by atoms with Gasteiger partial charge < -0.3 is 14.8 Å². The molecule has 0 unspecified atom stereocenters. The van der Waals surface area contributed by atoms with Crippen LogP contribution in [0, 0.1) is 25.0 Å². The van der Waals surface area contributed by atoms with E-state index in [-0.39, 0.29) is 16.9 Å². The molecule has 0 heterocycles. The number of carbonyl (C=O) groups is 1. The molecule has 0 aliphatic carbocycles. The third kappa shape index (κ3) is 7.27. The summed E-state index contributed by atoms with van der Waals surface area (Å²) in [6.45, 7) is 2.59. The molecule has 178 valence electrons. The van der Waals surface area contributed by atoms with Crippen LogP contribution in [0.5, 0.6) is 11.5 Å². The van der Waals surface area contributed by atoms with Gasteiger partial charge in [-0.05, 0) is 77.0 Å². The highest BCUT2D eigenvalue weighted by Gasteiger charge is 2.15. The number of nitro benzene ring substituents is 1. The molecule has 0 fully saturated rings. The Balaban J connectivity index is 1.84. The van der Waals surface area contributed by atoms with E-state index in [1.54, 1.807) is 12.1 Å². The third-order valence-electron chi connectivity index (χ3n) is 4.62. The second-order valence-corrected chi connectivity index (χ2v) is 9.19. The Labute approximate surface area is 224 Å². The normalized spacial score (nSPS) is 10.9. The Morgan fingerprint density at radius 2 is 1.94 bits per heavy atom. The Hall–Kier alpha value is -3.43. The second-order valence-electron chi connectivity index (χ2n) is 7.11. The maximum absolute atomic E-state index is 12.6. The molecule has 0 atom stereocenters. The number of hydrogen-bond donors (Lipinski definition) is 1. The van der Waals surface area contributed by atoms with Crippen molar-refractivity contribution in [2.24, 2.45) is 0 Å². The number of rotatable bonds is 9. The minimum atomic E-state index is -0.684. The summed E-state index contributed by atoms with van der Waals surface area (Å²) in [5, 5.41) is 23.0. The van der Waals surface area contributed by atoms with Gasteiger partial charge in [0, 0.05) is 22.3 Å². The van der Waals surface area contributed by atoms with Crippen molar-refractivity contribution in [3.63, 3.8) is 0 Å². The molecule has 1 amide bonds. The number of anilines is 1. The summed E-state index contributed by atoms with van der Waals surface area (Å²) in [7, 11) is 0. The summed E-state index contributed by atoms with van der Waals surface area (Å²) in [5.41, 5.74) is 1.43. The largest absolute Gasteiger partial charge is 0.490 e. The van der Waals surface area contributed by atoms with E-state index in [4.69, 9.17) is 9.47 Å². The Kier molecular flexibility index (Phi) is 9.22. The van der Waals surface area contributed by atoms with Crippen molar-refractivity contribution < 1.29 is 19.2 Å². The van der Waals surface area contributed by atoms with Crippen molar-refractivity contribution in [2.45, 2.75) is 13.5 Å². The van der Waals surface area contributed by atoms with Crippen LogP contribution in [-0.4, -0.2) is 17.4 Å². The van der Waals surface area contributed by atoms with E-state index in [9.17, 15) is 20.2 Å². The summed E-state index contributed by atoms with van der Waals surface area (Å²) < 4.78 is 13.5. The molecule has 0 bridgehead atoms. The molecule has 0 radical (unpaired) electrons. The number of benzene rings is 3. The van der Waals surface area contributed by atoms with Gasteiger partial charge in [0.2, 0.25) is 0 Å². The van der Waals surface area contributed by atoms with Crippen molar-refractivity contribution in [2.75, 3.05) is 11.9 Å². The van der Waals surface area contributed by atoms with Crippen LogP contribution in [0.2, 0.25) is 0 Å². The number of nitrogens with zero attached hydrogens (tertiary/aromatic N) is 2. The first-order valence-corrected chi connectivity index (χ1v) is 12.2. The lowest BCUT2D eigenvalue weighted by atomic mass is 10.1. The molecule has 1 N–H and O–H groups in total. The first-order valence-electron chi connectivity index (χ1n) is 10.3. The number of non-ortho nitro benzene ring substituents is 1. The van der Waals surface area contributed by atoms with Crippen LogP contribution < -0.4 is 14.8 Å². The molecule has 10 heteroatoms. The monoisotopic (exact) mass is 647 g/mol. The minimum absolute atomic E-state index is 0.167. The van der Waals surface area contributed by atoms with Gasteiger partial charge >= 0.3 is 0 Å². The van der Waals surface area contributed by atoms with E-state index in [1.165, 1.54) is 30.3 Å². The van der Waals surface area contributed by atoms with Crippen LogP contribution in [0.4, 0.5) is 11.4 Å². The van der Waals surface area contributed by atoms with Gasteiger partial charge in [0.25, 0.3) is 11.6 Å². The van der Waals surface area contributed by atoms with Crippen molar-refractivity contribution >= 4 is 61.9 Å². The van der Waals surface area contributed by atoms with Gasteiger partial charge in [-0.2, -0.15) is 5.26 Å². The first kappa shape index (κ1) is 26.2. The zero-order chi connectivity index (χ0) is 25.4. The number of nitro groups is 1. The van der Waals surface area contributed by atoms with Gasteiger partial charge in [-0.25, -0.2) is 0 Å². The predicted molar refractivity (Wildman–Crippen MR) is 144 cm³/mol. The SMILES string of the molecule is CCOc1cc(/C=C(/C#N)C(=O)Nc2cccc([N+](=O)[O-])c2)cc(I)c1OCc1ccc(Br)cc1. The fourth-order valence-electron chi connectivity index (χ4n) is 3.02. The zero-order valence-corrected chi connectivity index (χ0v) is 22.2. The summed E-state index contributed by atoms with van der Waals surface area (Å²) in [5.74, 6) is 0.364. The molecule has 0 aliphatic heterocycles. The summed E-state index contributed by atoms with van der Waals surface area (Å²) >= 11 is 5.52. The van der Waals surface area contributed by atoms with E-state index in [0.29, 0.717) is 30.3 Å². The van der Waals surface area contributed by atoms with Gasteiger partial charge in [-0.1, -0.05) is 34.1 Å². The molecule has 3 rings (SSSR count). The van der Waals surface area contributed by atoms with E-state index in [0.717, 1.165) is 13.6 Å². The van der Waals surface area contributed by atoms with Gasteiger partial charge in [-0.15, -0.1) is 0 Å². The molecule has 8 nitrogen and oxygen atoms in total. The predicted octanol–water partition coefficient (Wildman–Crippen LogP) is 6.49. The third-order valence-corrected chi connectivity index (χ3v) is 5.95. The maximum Gasteiger partial charge on any atom is 0.271 e. The minimum Gasteiger partial charge on any atom is -0.490 e. The molecule has 35 heavy (non-hydrogen) atoms. The van der Waals surface area contributed by atoms with Gasteiger partial charge in [-0.3, -0.25) is 14.9 Å². The summed E-state index contributed by atoms with van der Waals surface area (Å²) in [6, 6.07) is 18.6. The summed E-state index contributed by atoms with van der Waals surface area (Å²) in [4.78, 5) is 23.0. The molecular weight excluding hydrogens is 629 g/mol. The average molecular weight is 648 g/mol. The highest BCUT2D eigenvalue weighted by atomic mass is 127. The van der Waals surface area contributed by atoms with Crippen LogP contribution >= 0.6 is 38.5 Å². The van der Waals surface area contributed by atoms with Crippen LogP contribution in [0.1, 0.15) is 18.1 Å². The van der Waals surface area contributed by atoms with Crippen molar-refractivity contribution in [1.82, 2.24) is 0 Å². The number of amides is 1. The van der Waals surface area contributed by atoms with E-state index < -0.39 is 10.8 Å². The zero-order valence-electron chi connectivity index (χ0n) is 18.5. The van der Waals surface area contributed by atoms with Crippen LogP contribution in [-0.2, 0) is 11.4 Å². The van der Waals surface area contributed by atoms with Crippen molar-refractivity contribution in [3.05, 3.63) is 95.5 Å². The van der Waals surface area contributed by atoms with Crippen LogP contribution in [0.15, 0.2) is 70.7 Å². The molecule has 3 aromatic rings. The highest BCUT2D eigenvalue weighted by Crippen LogP contribution is 2.35. The standard InChI is InChI=1S/C25H19BrIN3O5/c1-2-34-23-12-17(11-22(27)24(23)35-15-16-6-8-19(26)9-7-16)10-18(14-28)25(31)29-20-4-3-5-21(13-20)30(32)33/h3-13H,2,15H2,1H3,(H,29,31)/b18-10-. The maximum atomic E-state index is 12.6. The van der Waals surface area contributed by atoms with Gasteiger partial charge in [0.05, 0.1) is 15.1 Å². The number of nitrogens with one attached hydrogen (secondary N) is 1. The number of carbonyl (C=O) groups excluding carboxylic acids is 1. The lowest BCUT2D eigenvalue weighted by Gasteiger charge is -2.15. The number of ether oxygens (including phenoxy) is 2. The van der Waals surface area contributed by atoms with E-state index in [1.807, 2.05) is 37.3 Å². The molecular formula is C25H19BrIN3O5. The number of halogens is 2. The smallest absolute Gasteiger partial charge is 0.271 e. The van der Waals surface area contributed by atoms with Crippen molar-refractivity contribution in [1.29, 1.82) is 5.26 Å². The lowest BCUT2D eigenvalue weighted by Crippen LogP contribution is -2.13. The Morgan fingerprint density at radius 3 is 2.60 bits per heavy atom. The van der Waals surface area contributed by atoms with Gasteiger partial charge in [0.1, 0.15) is 18.2 Å². The van der Waals surface area contributed by atoms with Crippen molar-refractivity contribution in [3.8, 4) is 17.6 Å². The van der Waals surface area contributed by atoms with E-state index >= 15 is 0 Å². The molecule has 0 saturated carbocycles. The second kappa shape index (κ2) is 12.3. The van der Waals surface area contributed by atoms with Gasteiger partial charge in [0.15, 0.2) is 11.5 Å². The molecule has 0 aromatic heterocycles. The Bertz CT molecular complexity index is 1320. The molecule has 0 aliphatic rings. The van der Waals surface area contributed by atoms with E-state index in [2.05, 4.69) is 43.8 Å². The fourth-order valence-corrected chi connectivity index (χ4v) is 4.07. The molecule has 0 saturated heterocycles.